The highest BCUT2D eigenvalue weighted by Crippen LogP contribution is 2.31. The third kappa shape index (κ3) is 5.40. The number of rotatable bonds is 8. The number of hydrogen-bond donors (Lipinski definition) is 1. The molecule has 0 saturated carbocycles. The van der Waals surface area contributed by atoms with Gasteiger partial charge in [-0.25, -0.2) is 9.97 Å². The monoisotopic (exact) mass is 511 g/mol. The third-order valence-electron chi connectivity index (χ3n) is 6.18. The molecule has 0 spiro atoms. The molecule has 1 atom stereocenters. The topological polar surface area (TPSA) is 128 Å². The van der Waals surface area contributed by atoms with Gasteiger partial charge in [0.2, 0.25) is 5.91 Å². The molecule has 11 heteroatoms. The second-order valence-electron chi connectivity index (χ2n) is 8.59. The Labute approximate surface area is 213 Å². The first-order chi connectivity index (χ1) is 17.3. The lowest BCUT2D eigenvalue weighted by Gasteiger charge is -2.40. The van der Waals surface area contributed by atoms with Crippen molar-refractivity contribution in [3.05, 3.63) is 46.6 Å². The van der Waals surface area contributed by atoms with Crippen LogP contribution in [0.15, 0.2) is 30.6 Å². The Morgan fingerprint density at radius 3 is 2.78 bits per heavy atom. The molecule has 0 radical (unpaired) electrons. The molecule has 36 heavy (non-hydrogen) atoms. The summed E-state index contributed by atoms with van der Waals surface area (Å²) in [5.41, 5.74) is 8.25. The number of nitrogens with zero attached hydrogens (tertiary/aromatic N) is 4. The van der Waals surface area contributed by atoms with Gasteiger partial charge in [-0.15, -0.1) is 11.3 Å². The van der Waals surface area contributed by atoms with E-state index in [-0.39, 0.29) is 30.8 Å². The fourth-order valence-electron chi connectivity index (χ4n) is 4.36. The van der Waals surface area contributed by atoms with E-state index >= 15 is 0 Å². The van der Waals surface area contributed by atoms with Gasteiger partial charge in [0.25, 0.3) is 5.91 Å². The fourth-order valence-corrected chi connectivity index (χ4v) is 5.23. The quantitative estimate of drug-likeness (QED) is 0.457. The number of thiophene rings is 1. The van der Waals surface area contributed by atoms with Gasteiger partial charge in [0.05, 0.1) is 19.0 Å². The lowest BCUT2D eigenvalue weighted by Crippen LogP contribution is -2.59. The highest BCUT2D eigenvalue weighted by Gasteiger charge is 2.36. The first-order valence-electron chi connectivity index (χ1n) is 11.7. The number of nitrogens with two attached hydrogens (primary N) is 1. The van der Waals surface area contributed by atoms with Crippen molar-refractivity contribution in [2.45, 2.75) is 39.3 Å². The van der Waals surface area contributed by atoms with Crippen LogP contribution in [0.2, 0.25) is 0 Å². The molecule has 1 aliphatic heterocycles. The zero-order chi connectivity index (χ0) is 25.8. The molecule has 3 aromatic rings. The van der Waals surface area contributed by atoms with E-state index in [1.165, 1.54) is 24.8 Å². The molecule has 2 N–H and O–H groups in total. The lowest BCUT2D eigenvalue weighted by atomic mass is 10.1. The van der Waals surface area contributed by atoms with Crippen molar-refractivity contribution in [1.29, 1.82) is 0 Å². The van der Waals surface area contributed by atoms with E-state index in [0.717, 1.165) is 21.3 Å². The number of benzene rings is 1. The van der Waals surface area contributed by atoms with Crippen molar-refractivity contribution < 1.29 is 23.9 Å². The van der Waals surface area contributed by atoms with Gasteiger partial charge in [-0.05, 0) is 37.1 Å². The van der Waals surface area contributed by atoms with Crippen molar-refractivity contribution in [3.63, 3.8) is 0 Å². The minimum absolute atomic E-state index is 0.0759. The fraction of sp³-hybridized carbons (Fsp3) is 0.400. The predicted molar refractivity (Wildman–Crippen MR) is 135 cm³/mol. The minimum atomic E-state index is -0.562. The van der Waals surface area contributed by atoms with E-state index in [0.29, 0.717) is 42.5 Å². The number of carbonyl (C=O) groups excluding carboxylic acids is 3. The van der Waals surface area contributed by atoms with Crippen LogP contribution < -0.4 is 10.5 Å². The molecule has 1 aromatic carbocycles. The van der Waals surface area contributed by atoms with Crippen LogP contribution in [0.4, 0.5) is 5.82 Å². The van der Waals surface area contributed by atoms with Crippen LogP contribution in [0.3, 0.4) is 0 Å². The number of esters is 1. The number of methoxy groups -OCH3 is 1. The van der Waals surface area contributed by atoms with E-state index in [1.54, 1.807) is 9.80 Å². The van der Waals surface area contributed by atoms with E-state index in [9.17, 15) is 14.4 Å². The number of anilines is 1. The van der Waals surface area contributed by atoms with Gasteiger partial charge in [-0.3, -0.25) is 14.4 Å². The van der Waals surface area contributed by atoms with E-state index in [4.69, 9.17) is 15.2 Å². The van der Waals surface area contributed by atoms with Gasteiger partial charge in [-0.1, -0.05) is 13.0 Å². The average molecular weight is 512 g/mol. The smallest absolute Gasteiger partial charge is 0.310 e. The minimum Gasteiger partial charge on any atom is -0.474 e. The third-order valence-corrected chi connectivity index (χ3v) is 7.18. The van der Waals surface area contributed by atoms with Gasteiger partial charge in [0.15, 0.2) is 11.7 Å². The number of fused-ring (bicyclic) bond motifs is 1. The SMILES string of the molecule is CC[C@H]1C(=O)N(Cc2ccc3c(N)ncnc3c2)CCN1C(=O)COc1sc(C)cc1CC(=O)OC. The summed E-state index contributed by atoms with van der Waals surface area (Å²) in [5.74, 6) is -0.322. The van der Waals surface area contributed by atoms with Crippen molar-refractivity contribution >= 4 is 45.8 Å². The summed E-state index contributed by atoms with van der Waals surface area (Å²) in [6.45, 7) is 4.83. The van der Waals surface area contributed by atoms with Crippen LogP contribution in [-0.4, -0.2) is 70.4 Å². The first-order valence-corrected chi connectivity index (χ1v) is 12.5. The molecule has 1 saturated heterocycles. The van der Waals surface area contributed by atoms with Gasteiger partial charge < -0.3 is 25.0 Å². The number of piperazine rings is 1. The maximum atomic E-state index is 13.3. The number of carbonyl (C=O) groups is 3. The number of nitrogen functional groups attached to an aromatic ring is 1. The second-order valence-corrected chi connectivity index (χ2v) is 9.81. The molecule has 0 unspecified atom stereocenters. The molecule has 3 heterocycles. The van der Waals surface area contributed by atoms with E-state index < -0.39 is 6.04 Å². The van der Waals surface area contributed by atoms with Crippen LogP contribution >= 0.6 is 11.3 Å². The summed E-state index contributed by atoms with van der Waals surface area (Å²) in [4.78, 5) is 50.6. The van der Waals surface area contributed by atoms with Crippen molar-refractivity contribution in [2.24, 2.45) is 0 Å². The normalized spacial score (nSPS) is 15.9. The van der Waals surface area contributed by atoms with Crippen LogP contribution in [0.5, 0.6) is 5.06 Å². The standard InChI is InChI=1S/C25H29N5O5S/c1-4-20-24(33)29(12-16-5-6-18-19(10-16)27-14-28-23(18)26)7-8-30(20)21(31)13-35-25-17(9-15(2)36-25)11-22(32)34-3/h5-6,9-10,14,20H,4,7-8,11-13H2,1-3H3,(H2,26,27,28)/t20-/m0/s1. The molecular formula is C25H29N5O5S. The number of ether oxygens (including phenoxy) is 2. The second kappa shape index (κ2) is 10.9. The summed E-state index contributed by atoms with van der Waals surface area (Å²) < 4.78 is 10.5. The van der Waals surface area contributed by atoms with Gasteiger partial charge in [0, 0.05) is 35.5 Å². The Kier molecular flexibility index (Phi) is 7.68. The van der Waals surface area contributed by atoms with E-state index in [1.807, 2.05) is 38.1 Å². The summed E-state index contributed by atoms with van der Waals surface area (Å²) in [5, 5.41) is 1.29. The molecule has 4 rings (SSSR count). The van der Waals surface area contributed by atoms with Crippen molar-refractivity contribution in [1.82, 2.24) is 19.8 Å². The number of aryl methyl sites for hydroxylation is 1. The number of amides is 2. The summed E-state index contributed by atoms with van der Waals surface area (Å²) in [6, 6.07) is 6.97. The van der Waals surface area contributed by atoms with Gasteiger partial charge in [0.1, 0.15) is 18.2 Å². The zero-order valence-corrected chi connectivity index (χ0v) is 21.3. The Morgan fingerprint density at radius 2 is 2.03 bits per heavy atom. The van der Waals surface area contributed by atoms with Crippen LogP contribution in [0, 0.1) is 6.92 Å². The number of aromatic nitrogens is 2. The lowest BCUT2D eigenvalue weighted by molar-refractivity contribution is -0.153. The molecular weight excluding hydrogens is 482 g/mol. The molecule has 0 bridgehead atoms. The molecule has 190 valence electrons. The van der Waals surface area contributed by atoms with Gasteiger partial charge >= 0.3 is 5.97 Å². The Morgan fingerprint density at radius 1 is 1.22 bits per heavy atom. The molecule has 2 amide bonds. The van der Waals surface area contributed by atoms with E-state index in [2.05, 4.69) is 9.97 Å². The largest absolute Gasteiger partial charge is 0.474 e. The Hall–Kier alpha value is -3.73. The number of hydrogen-bond acceptors (Lipinski definition) is 9. The highest BCUT2D eigenvalue weighted by atomic mass is 32.1. The first kappa shape index (κ1) is 25.4. The molecule has 1 fully saturated rings. The Bertz CT molecular complexity index is 1290. The predicted octanol–water partition coefficient (Wildman–Crippen LogP) is 2.33. The molecule has 1 aliphatic rings. The molecule has 10 nitrogen and oxygen atoms in total. The summed E-state index contributed by atoms with van der Waals surface area (Å²) in [7, 11) is 1.33. The van der Waals surface area contributed by atoms with Crippen molar-refractivity contribution in [3.8, 4) is 5.06 Å². The molecule has 2 aromatic heterocycles. The summed E-state index contributed by atoms with van der Waals surface area (Å²) in [6.07, 6.45) is 1.99. The maximum Gasteiger partial charge on any atom is 0.310 e. The van der Waals surface area contributed by atoms with Crippen LogP contribution in [0.25, 0.3) is 10.9 Å². The maximum absolute atomic E-state index is 13.3. The highest BCUT2D eigenvalue weighted by molar-refractivity contribution is 7.14. The average Bonchev–Trinajstić information content (AvgIpc) is 3.22. The van der Waals surface area contributed by atoms with Crippen LogP contribution in [-0.2, 0) is 32.1 Å². The van der Waals surface area contributed by atoms with Gasteiger partial charge in [-0.2, -0.15) is 0 Å². The summed E-state index contributed by atoms with van der Waals surface area (Å²) >= 11 is 1.37. The Balaban J connectivity index is 1.40. The molecule has 0 aliphatic carbocycles. The zero-order valence-electron chi connectivity index (χ0n) is 20.5. The van der Waals surface area contributed by atoms with Crippen molar-refractivity contribution in [2.75, 3.05) is 32.5 Å². The van der Waals surface area contributed by atoms with Crippen LogP contribution in [0.1, 0.15) is 29.3 Å².